The summed E-state index contributed by atoms with van der Waals surface area (Å²) in [6, 6.07) is 25.6. The van der Waals surface area contributed by atoms with Crippen LogP contribution >= 0.6 is 0 Å². The van der Waals surface area contributed by atoms with Crippen LogP contribution in [0.1, 0.15) is 74.6 Å². The van der Waals surface area contributed by atoms with E-state index in [4.69, 9.17) is 18.9 Å². The molecule has 4 aromatic rings. The van der Waals surface area contributed by atoms with Gasteiger partial charge in [-0.25, -0.2) is 4.79 Å². The van der Waals surface area contributed by atoms with Crippen LogP contribution < -0.4 is 15.4 Å². The van der Waals surface area contributed by atoms with Crippen LogP contribution in [0.15, 0.2) is 72.8 Å². The summed E-state index contributed by atoms with van der Waals surface area (Å²) in [6.45, 7) is 10.2. The predicted molar refractivity (Wildman–Crippen MR) is 192 cm³/mol. The molecule has 0 aromatic heterocycles. The number of hydrogen-bond acceptors (Lipinski definition) is 8. The zero-order valence-electron chi connectivity index (χ0n) is 29.3. The van der Waals surface area contributed by atoms with Crippen LogP contribution in [0, 0.1) is 13.8 Å². The molecule has 0 fully saturated rings. The smallest absolute Gasteiger partial charge is 0.341 e. The Kier molecular flexibility index (Phi) is 12.2. The summed E-state index contributed by atoms with van der Waals surface area (Å²) in [6.07, 6.45) is 2.39. The Morgan fingerprint density at radius 2 is 1.53 bits per heavy atom. The van der Waals surface area contributed by atoms with Gasteiger partial charge in [0.1, 0.15) is 17.9 Å². The fraction of sp³-hybridized carbons (Fsp3) is 0.366. The molecule has 0 saturated carbocycles. The van der Waals surface area contributed by atoms with E-state index in [0.717, 1.165) is 88.0 Å². The Morgan fingerprint density at radius 1 is 0.837 bits per heavy atom. The molecule has 49 heavy (non-hydrogen) atoms. The lowest BCUT2D eigenvalue weighted by Crippen LogP contribution is -2.29. The minimum atomic E-state index is -0.792. The zero-order valence-corrected chi connectivity index (χ0v) is 29.3. The summed E-state index contributed by atoms with van der Waals surface area (Å²) < 4.78 is 22.5. The van der Waals surface area contributed by atoms with Crippen LogP contribution in [0.25, 0.3) is 11.1 Å². The van der Waals surface area contributed by atoms with E-state index >= 15 is 0 Å². The van der Waals surface area contributed by atoms with E-state index in [1.54, 1.807) is 0 Å². The predicted octanol–water partition coefficient (Wildman–Crippen LogP) is 6.63. The fourth-order valence-electron chi connectivity index (χ4n) is 6.90. The lowest BCUT2D eigenvalue weighted by Gasteiger charge is -2.35. The number of ether oxygens (including phenoxy) is 4. The van der Waals surface area contributed by atoms with E-state index in [1.807, 2.05) is 26.1 Å². The van der Waals surface area contributed by atoms with Crippen LogP contribution in [-0.2, 0) is 37.4 Å². The van der Waals surface area contributed by atoms with Gasteiger partial charge in [-0.05, 0) is 110 Å². The summed E-state index contributed by atoms with van der Waals surface area (Å²) in [5, 5.41) is 6.31. The van der Waals surface area contributed by atoms with Crippen molar-refractivity contribution in [3.63, 3.8) is 0 Å². The summed E-state index contributed by atoms with van der Waals surface area (Å²) in [4.78, 5) is 24.8. The highest BCUT2D eigenvalue weighted by Gasteiger charge is 2.47. The van der Waals surface area contributed by atoms with Crippen molar-refractivity contribution in [2.24, 2.45) is 0 Å². The SMILES string of the molecule is CCNCOCCCc1ccc(C2(c3ccc(OCCCNC)c(C(=O)OC)c3)c3cc(C)ccc3-c3ccc(C)cc32)cc1COC=O. The molecule has 8 heteroatoms. The Balaban J connectivity index is 1.72. The Bertz CT molecular complexity index is 1720. The van der Waals surface area contributed by atoms with Crippen molar-refractivity contribution >= 4 is 12.4 Å². The number of esters is 1. The monoisotopic (exact) mass is 664 g/mol. The maximum Gasteiger partial charge on any atom is 0.341 e. The molecule has 1 aliphatic carbocycles. The molecule has 0 spiro atoms. The highest BCUT2D eigenvalue weighted by molar-refractivity contribution is 5.94. The molecular weight excluding hydrogens is 616 g/mol. The first-order valence-corrected chi connectivity index (χ1v) is 17.1. The molecule has 0 amide bonds. The molecule has 5 rings (SSSR count). The molecule has 4 aromatic carbocycles. The second-order valence-corrected chi connectivity index (χ2v) is 12.5. The van der Waals surface area contributed by atoms with Gasteiger partial charge < -0.3 is 24.3 Å². The normalized spacial score (nSPS) is 12.7. The largest absolute Gasteiger partial charge is 0.493 e. The number of methoxy groups -OCH3 is 1. The third-order valence-electron chi connectivity index (χ3n) is 9.23. The third-order valence-corrected chi connectivity index (χ3v) is 9.23. The lowest BCUT2D eigenvalue weighted by atomic mass is 9.66. The molecule has 258 valence electrons. The minimum Gasteiger partial charge on any atom is -0.493 e. The first-order valence-electron chi connectivity index (χ1n) is 17.1. The van der Waals surface area contributed by atoms with Crippen LogP contribution in [0.4, 0.5) is 0 Å². The maximum atomic E-state index is 13.4. The van der Waals surface area contributed by atoms with Gasteiger partial charge in [0.2, 0.25) is 0 Å². The summed E-state index contributed by atoms with van der Waals surface area (Å²) in [7, 11) is 3.30. The number of rotatable bonds is 18. The molecule has 0 aliphatic heterocycles. The third kappa shape index (κ3) is 7.57. The van der Waals surface area contributed by atoms with E-state index < -0.39 is 11.4 Å². The van der Waals surface area contributed by atoms with Crippen molar-refractivity contribution in [2.45, 2.75) is 52.1 Å². The Morgan fingerprint density at radius 3 is 2.18 bits per heavy atom. The molecule has 2 N–H and O–H groups in total. The van der Waals surface area contributed by atoms with E-state index in [1.165, 1.54) is 7.11 Å². The maximum absolute atomic E-state index is 13.4. The topological polar surface area (TPSA) is 95.1 Å². The number of carbonyl (C=O) groups is 2. The molecule has 0 heterocycles. The van der Waals surface area contributed by atoms with Crippen molar-refractivity contribution < 1.29 is 28.5 Å². The van der Waals surface area contributed by atoms with Crippen LogP contribution in [-0.4, -0.2) is 59.6 Å². The number of benzene rings is 4. The minimum absolute atomic E-state index is 0.148. The Hall–Kier alpha value is -4.50. The van der Waals surface area contributed by atoms with Gasteiger partial charge in [-0.2, -0.15) is 0 Å². The van der Waals surface area contributed by atoms with Crippen molar-refractivity contribution in [1.29, 1.82) is 0 Å². The molecular formula is C41H48N2O6. The highest BCUT2D eigenvalue weighted by atomic mass is 16.5. The quantitative estimate of drug-likeness (QED) is 0.0467. The average Bonchev–Trinajstić information content (AvgIpc) is 3.39. The molecule has 0 radical (unpaired) electrons. The second kappa shape index (κ2) is 16.7. The van der Waals surface area contributed by atoms with Crippen molar-refractivity contribution in [3.8, 4) is 16.9 Å². The van der Waals surface area contributed by atoms with E-state index in [0.29, 0.717) is 37.7 Å². The van der Waals surface area contributed by atoms with Gasteiger partial charge in [0.05, 0.1) is 25.9 Å². The van der Waals surface area contributed by atoms with Gasteiger partial charge in [0, 0.05) is 6.61 Å². The van der Waals surface area contributed by atoms with Crippen LogP contribution in [0.3, 0.4) is 0 Å². The second-order valence-electron chi connectivity index (χ2n) is 12.5. The number of hydrogen-bond donors (Lipinski definition) is 2. The fourth-order valence-corrected chi connectivity index (χ4v) is 6.90. The summed E-state index contributed by atoms with van der Waals surface area (Å²) in [5.41, 5.74) is 10.3. The molecule has 0 saturated heterocycles. The van der Waals surface area contributed by atoms with E-state index in [-0.39, 0.29) is 6.61 Å². The molecule has 0 unspecified atom stereocenters. The van der Waals surface area contributed by atoms with Crippen molar-refractivity contribution in [1.82, 2.24) is 10.6 Å². The van der Waals surface area contributed by atoms with E-state index in [2.05, 4.69) is 85.1 Å². The van der Waals surface area contributed by atoms with Gasteiger partial charge in [0.25, 0.3) is 6.47 Å². The summed E-state index contributed by atoms with van der Waals surface area (Å²) >= 11 is 0. The standard InChI is InChI=1S/C41H48N2O6/c1-6-43-26-47-19-7-9-30-12-13-32(23-31(30)25-48-27-44)41(33-14-17-39(49-20-8-18-42-4)36(24-33)40(45)46-5)37-21-28(2)10-15-34(37)35-16-11-29(3)22-38(35)41/h10-17,21-24,27,42-43H,6-9,18-20,25-26H2,1-5H3. The van der Waals surface area contributed by atoms with Crippen molar-refractivity contribution in [3.05, 3.63) is 123 Å². The molecule has 0 atom stereocenters. The first-order chi connectivity index (χ1) is 23.9. The van der Waals surface area contributed by atoms with Gasteiger partial charge in [-0.15, -0.1) is 0 Å². The lowest BCUT2D eigenvalue weighted by molar-refractivity contribution is -0.129. The van der Waals surface area contributed by atoms with Gasteiger partial charge >= 0.3 is 5.97 Å². The summed E-state index contributed by atoms with van der Waals surface area (Å²) in [5.74, 6) is 0.0277. The highest BCUT2D eigenvalue weighted by Crippen LogP contribution is 2.57. The molecule has 0 bridgehead atoms. The first kappa shape index (κ1) is 35.8. The number of aryl methyl sites for hydroxylation is 3. The van der Waals surface area contributed by atoms with Crippen molar-refractivity contribution in [2.75, 3.05) is 47.2 Å². The van der Waals surface area contributed by atoms with Gasteiger partial charge in [-0.3, -0.25) is 10.1 Å². The molecule has 8 nitrogen and oxygen atoms in total. The van der Waals surface area contributed by atoms with Crippen LogP contribution in [0.5, 0.6) is 5.75 Å². The number of nitrogens with one attached hydrogen (secondary N) is 2. The number of carbonyl (C=O) groups excluding carboxylic acids is 2. The van der Waals surface area contributed by atoms with Gasteiger partial charge in [-0.1, -0.05) is 78.7 Å². The average molecular weight is 665 g/mol. The Labute approximate surface area is 290 Å². The van der Waals surface area contributed by atoms with Gasteiger partial charge in [0.15, 0.2) is 0 Å². The molecule has 1 aliphatic rings. The zero-order chi connectivity index (χ0) is 34.8. The van der Waals surface area contributed by atoms with E-state index in [9.17, 15) is 9.59 Å². The van der Waals surface area contributed by atoms with Crippen LogP contribution in [0.2, 0.25) is 0 Å². The number of fused-ring (bicyclic) bond motifs is 3.